The molecule has 3 aromatic rings. The maximum Gasteiger partial charge on any atom is 0.387 e. The van der Waals surface area contributed by atoms with Gasteiger partial charge in [0.25, 0.3) is 5.56 Å². The molecule has 0 aliphatic carbocycles. The van der Waals surface area contributed by atoms with Crippen LogP contribution in [0.1, 0.15) is 16.1 Å². The number of aromatic carboxylic acids is 1. The molecule has 10 heteroatoms. The molecule has 1 aromatic heterocycles. The Labute approximate surface area is 168 Å². The summed E-state index contributed by atoms with van der Waals surface area (Å²) >= 11 is 0. The molecular weight excluding hydrogens is 400 g/mol. The first-order valence-corrected chi connectivity index (χ1v) is 8.89. The number of hydrogen-bond acceptors (Lipinski definition) is 5. The Morgan fingerprint density at radius 3 is 2.40 bits per heavy atom. The van der Waals surface area contributed by atoms with Crippen molar-refractivity contribution in [3.63, 3.8) is 0 Å². The highest BCUT2D eigenvalue weighted by Crippen LogP contribution is 2.15. The summed E-state index contributed by atoms with van der Waals surface area (Å²) in [5.41, 5.74) is -0.101. The highest BCUT2D eigenvalue weighted by molar-refractivity contribution is 6.01. The standard InChI is InChI=1S/C20H17F2N3O5/c21-20(22)30-13-7-5-12(6-8-13)9-10-23-16(26)11-25-18(27)15-4-2-1-3-14(15)17(24-25)19(28)29/h1-8,20H,9-11H2,(H,23,26)(H,28,29). The fourth-order valence-corrected chi connectivity index (χ4v) is 2.88. The molecule has 2 aromatic carbocycles. The lowest BCUT2D eigenvalue weighted by Crippen LogP contribution is -2.35. The van der Waals surface area contributed by atoms with Crippen LogP contribution < -0.4 is 15.6 Å². The van der Waals surface area contributed by atoms with Gasteiger partial charge in [0.1, 0.15) is 12.3 Å². The summed E-state index contributed by atoms with van der Waals surface area (Å²) in [6.07, 6.45) is 0.418. The van der Waals surface area contributed by atoms with Gasteiger partial charge in [0.2, 0.25) is 5.91 Å². The van der Waals surface area contributed by atoms with E-state index in [1.807, 2.05) is 0 Å². The van der Waals surface area contributed by atoms with Gasteiger partial charge >= 0.3 is 12.6 Å². The lowest BCUT2D eigenvalue weighted by atomic mass is 10.1. The third-order valence-electron chi connectivity index (χ3n) is 4.25. The summed E-state index contributed by atoms with van der Waals surface area (Å²) in [6, 6.07) is 12.1. The largest absolute Gasteiger partial charge is 0.476 e. The van der Waals surface area contributed by atoms with Gasteiger partial charge in [-0.1, -0.05) is 30.3 Å². The van der Waals surface area contributed by atoms with E-state index in [0.717, 1.165) is 10.2 Å². The maximum absolute atomic E-state index is 12.5. The molecule has 8 nitrogen and oxygen atoms in total. The fourth-order valence-electron chi connectivity index (χ4n) is 2.88. The van der Waals surface area contributed by atoms with Crippen molar-refractivity contribution in [2.45, 2.75) is 19.6 Å². The molecule has 0 aliphatic heterocycles. The zero-order chi connectivity index (χ0) is 21.7. The first-order valence-electron chi connectivity index (χ1n) is 8.89. The third-order valence-corrected chi connectivity index (χ3v) is 4.25. The number of carboxylic acids is 1. The van der Waals surface area contributed by atoms with Crippen molar-refractivity contribution in [3.05, 3.63) is 70.1 Å². The lowest BCUT2D eigenvalue weighted by Gasteiger charge is -2.10. The van der Waals surface area contributed by atoms with Gasteiger partial charge in [0.15, 0.2) is 5.69 Å². The van der Waals surface area contributed by atoms with Crippen LogP contribution in [-0.2, 0) is 17.8 Å². The molecule has 1 heterocycles. The van der Waals surface area contributed by atoms with E-state index in [0.29, 0.717) is 6.42 Å². The number of carbonyl (C=O) groups is 2. The summed E-state index contributed by atoms with van der Waals surface area (Å²) in [6.45, 7) is -3.11. The summed E-state index contributed by atoms with van der Waals surface area (Å²) in [7, 11) is 0. The molecule has 1 amide bonds. The number of alkyl halides is 2. The van der Waals surface area contributed by atoms with Crippen molar-refractivity contribution in [2.24, 2.45) is 0 Å². The van der Waals surface area contributed by atoms with Crippen molar-refractivity contribution >= 4 is 22.6 Å². The minimum atomic E-state index is -2.90. The van der Waals surface area contributed by atoms with Crippen LogP contribution in [0.25, 0.3) is 10.8 Å². The monoisotopic (exact) mass is 417 g/mol. The van der Waals surface area contributed by atoms with E-state index in [1.54, 1.807) is 24.3 Å². The second-order valence-corrected chi connectivity index (χ2v) is 6.28. The summed E-state index contributed by atoms with van der Waals surface area (Å²) < 4.78 is 29.4. The molecule has 30 heavy (non-hydrogen) atoms. The van der Waals surface area contributed by atoms with E-state index < -0.39 is 30.6 Å². The number of carbonyl (C=O) groups excluding carboxylic acids is 1. The van der Waals surface area contributed by atoms with Crippen molar-refractivity contribution in [3.8, 4) is 5.75 Å². The van der Waals surface area contributed by atoms with Gasteiger partial charge in [-0.2, -0.15) is 13.9 Å². The van der Waals surface area contributed by atoms with Gasteiger partial charge in [-0.25, -0.2) is 9.48 Å². The average molecular weight is 417 g/mol. The number of nitrogens with zero attached hydrogens (tertiary/aromatic N) is 2. The zero-order valence-corrected chi connectivity index (χ0v) is 15.5. The smallest absolute Gasteiger partial charge is 0.387 e. The molecule has 0 spiro atoms. The van der Waals surface area contributed by atoms with Crippen LogP contribution in [0.5, 0.6) is 5.75 Å². The Morgan fingerprint density at radius 2 is 1.77 bits per heavy atom. The van der Waals surface area contributed by atoms with Crippen LogP contribution in [0.2, 0.25) is 0 Å². The predicted octanol–water partition coefficient (Wildman–Crippen LogP) is 2.05. The van der Waals surface area contributed by atoms with Crippen molar-refractivity contribution in [1.29, 1.82) is 0 Å². The molecule has 0 atom stereocenters. The molecule has 3 rings (SSSR count). The topological polar surface area (TPSA) is 111 Å². The Hall–Kier alpha value is -3.82. The first-order chi connectivity index (χ1) is 14.3. The fraction of sp³-hybridized carbons (Fsp3) is 0.200. The summed E-state index contributed by atoms with van der Waals surface area (Å²) in [4.78, 5) is 36.1. The SMILES string of the molecule is O=C(Cn1nc(C(=O)O)c2ccccc2c1=O)NCCc1ccc(OC(F)F)cc1. The van der Waals surface area contributed by atoms with Gasteiger partial charge in [0, 0.05) is 11.9 Å². The van der Waals surface area contributed by atoms with E-state index in [4.69, 9.17) is 0 Å². The number of amides is 1. The highest BCUT2D eigenvalue weighted by Gasteiger charge is 2.17. The van der Waals surface area contributed by atoms with Gasteiger partial charge in [0.05, 0.1) is 5.39 Å². The van der Waals surface area contributed by atoms with Crippen LogP contribution in [0, 0.1) is 0 Å². The van der Waals surface area contributed by atoms with Crippen LogP contribution in [0.4, 0.5) is 8.78 Å². The van der Waals surface area contributed by atoms with E-state index in [9.17, 15) is 28.3 Å². The van der Waals surface area contributed by atoms with E-state index in [-0.39, 0.29) is 28.8 Å². The molecule has 0 radical (unpaired) electrons. The average Bonchev–Trinajstić information content (AvgIpc) is 2.71. The summed E-state index contributed by atoms with van der Waals surface area (Å²) in [5.74, 6) is -1.79. The number of carboxylic acid groups (broad SMARTS) is 1. The van der Waals surface area contributed by atoms with Crippen molar-refractivity contribution in [2.75, 3.05) is 6.54 Å². The molecular formula is C20H17F2N3O5. The van der Waals surface area contributed by atoms with E-state index >= 15 is 0 Å². The number of rotatable bonds is 8. The Bertz CT molecular complexity index is 1130. The van der Waals surface area contributed by atoms with Gasteiger partial charge in [-0.05, 0) is 30.2 Å². The quantitative estimate of drug-likeness (QED) is 0.581. The Kier molecular flexibility index (Phi) is 6.35. The normalized spacial score (nSPS) is 10.9. The number of nitrogens with one attached hydrogen (secondary N) is 1. The number of hydrogen-bond donors (Lipinski definition) is 2. The zero-order valence-electron chi connectivity index (χ0n) is 15.5. The van der Waals surface area contributed by atoms with E-state index in [1.165, 1.54) is 24.3 Å². The predicted molar refractivity (Wildman–Crippen MR) is 103 cm³/mol. The van der Waals surface area contributed by atoms with Crippen molar-refractivity contribution in [1.82, 2.24) is 15.1 Å². The number of ether oxygens (including phenoxy) is 1. The molecule has 0 saturated carbocycles. The van der Waals surface area contributed by atoms with Gasteiger partial charge in [-0.15, -0.1) is 0 Å². The van der Waals surface area contributed by atoms with Crippen LogP contribution in [-0.4, -0.2) is 39.9 Å². The maximum atomic E-state index is 12.5. The second kappa shape index (κ2) is 9.12. The molecule has 0 unspecified atom stereocenters. The molecule has 0 bridgehead atoms. The molecule has 0 fully saturated rings. The van der Waals surface area contributed by atoms with Gasteiger partial charge < -0.3 is 15.2 Å². The van der Waals surface area contributed by atoms with Crippen LogP contribution in [0.15, 0.2) is 53.3 Å². The minimum absolute atomic E-state index is 0.0359. The molecule has 156 valence electrons. The highest BCUT2D eigenvalue weighted by atomic mass is 19.3. The number of fused-ring (bicyclic) bond motifs is 1. The molecule has 2 N–H and O–H groups in total. The summed E-state index contributed by atoms with van der Waals surface area (Å²) in [5, 5.41) is 16.1. The van der Waals surface area contributed by atoms with E-state index in [2.05, 4.69) is 15.2 Å². The number of aromatic nitrogens is 2. The minimum Gasteiger partial charge on any atom is -0.476 e. The Balaban J connectivity index is 1.64. The number of halogens is 2. The second-order valence-electron chi connectivity index (χ2n) is 6.28. The first kappa shape index (κ1) is 20.9. The van der Waals surface area contributed by atoms with Crippen molar-refractivity contribution < 1.29 is 28.2 Å². The molecule has 0 aliphatic rings. The third kappa shape index (κ3) is 4.96. The Morgan fingerprint density at radius 1 is 1.10 bits per heavy atom. The lowest BCUT2D eigenvalue weighted by molar-refractivity contribution is -0.121. The number of benzene rings is 2. The van der Waals surface area contributed by atoms with Gasteiger partial charge in [-0.3, -0.25) is 9.59 Å². The van der Waals surface area contributed by atoms with Crippen LogP contribution in [0.3, 0.4) is 0 Å². The van der Waals surface area contributed by atoms with Crippen LogP contribution >= 0.6 is 0 Å². The molecule has 0 saturated heterocycles.